The number of carboxylic acids is 1. The Bertz CT molecular complexity index is 459. The van der Waals surface area contributed by atoms with Gasteiger partial charge in [-0.3, -0.25) is 0 Å². The Labute approximate surface area is 96.5 Å². The van der Waals surface area contributed by atoms with Crippen molar-refractivity contribution in [1.82, 2.24) is 0 Å². The number of isocyanates is 1. The molecule has 0 aliphatic carbocycles. The smallest absolute Gasteiger partial charge is 0.338 e. The van der Waals surface area contributed by atoms with Gasteiger partial charge in [-0.15, -0.1) is 0 Å². The highest BCUT2D eigenvalue weighted by atomic mass is 16.5. The summed E-state index contributed by atoms with van der Waals surface area (Å²) in [7, 11) is 0. The van der Waals surface area contributed by atoms with Gasteiger partial charge in [-0.1, -0.05) is 0 Å². The van der Waals surface area contributed by atoms with E-state index < -0.39 is 11.9 Å². The minimum Gasteiger partial charge on any atom is -0.478 e. The fraction of sp³-hybridized carbons (Fsp3) is 0.182. The number of ether oxygens (including phenoxy) is 1. The molecular formula is C11H9NO5. The van der Waals surface area contributed by atoms with Crippen LogP contribution in [0.25, 0.3) is 0 Å². The maximum Gasteiger partial charge on any atom is 0.338 e. The molecule has 1 N–H and O–H groups in total. The van der Waals surface area contributed by atoms with E-state index in [0.29, 0.717) is 0 Å². The third-order valence-corrected chi connectivity index (χ3v) is 1.87. The Kier molecular flexibility index (Phi) is 4.59. The number of aromatic carboxylic acids is 1. The summed E-state index contributed by atoms with van der Waals surface area (Å²) < 4.78 is 4.77. The number of aliphatic imine (C=N–C) groups is 1. The molecule has 0 bridgehead atoms. The number of carbonyl (C=O) groups is 2. The second-order valence-corrected chi connectivity index (χ2v) is 2.99. The lowest BCUT2D eigenvalue weighted by Crippen LogP contribution is -2.08. The molecule has 1 aromatic carbocycles. The van der Waals surface area contributed by atoms with E-state index in [-0.39, 0.29) is 24.3 Å². The molecule has 0 radical (unpaired) electrons. The summed E-state index contributed by atoms with van der Waals surface area (Å²) in [5, 5.41) is 8.65. The highest BCUT2D eigenvalue weighted by molar-refractivity contribution is 5.92. The number of hydrogen-bond donors (Lipinski definition) is 1. The number of carbonyl (C=O) groups excluding carboxylic acids is 2. The Morgan fingerprint density at radius 1 is 1.24 bits per heavy atom. The Morgan fingerprint density at radius 2 is 1.82 bits per heavy atom. The number of nitrogens with zero attached hydrogens (tertiary/aromatic N) is 1. The van der Waals surface area contributed by atoms with E-state index in [2.05, 4.69) is 4.99 Å². The van der Waals surface area contributed by atoms with Crippen molar-refractivity contribution in [3.8, 4) is 0 Å². The molecule has 6 nitrogen and oxygen atoms in total. The Hall–Kier alpha value is -2.46. The standard InChI is InChI=1S/C11H9NO5/c13-7-12-5-6-17-11(16)9-3-1-8(2-4-9)10(14)15/h1-4H,5-6H2,(H,14,15). The zero-order chi connectivity index (χ0) is 12.7. The lowest BCUT2D eigenvalue weighted by atomic mass is 10.1. The van der Waals surface area contributed by atoms with E-state index in [4.69, 9.17) is 9.84 Å². The van der Waals surface area contributed by atoms with Gasteiger partial charge in [-0.05, 0) is 24.3 Å². The molecular weight excluding hydrogens is 226 g/mol. The molecule has 0 aliphatic rings. The van der Waals surface area contributed by atoms with Crippen LogP contribution in [0.2, 0.25) is 0 Å². The van der Waals surface area contributed by atoms with Crippen LogP contribution >= 0.6 is 0 Å². The number of benzene rings is 1. The van der Waals surface area contributed by atoms with E-state index >= 15 is 0 Å². The minimum absolute atomic E-state index is 0.0191. The molecule has 17 heavy (non-hydrogen) atoms. The second kappa shape index (κ2) is 6.19. The van der Waals surface area contributed by atoms with E-state index in [1.54, 1.807) is 0 Å². The lowest BCUT2D eigenvalue weighted by Gasteiger charge is -2.02. The quantitative estimate of drug-likeness (QED) is 0.354. The van der Waals surface area contributed by atoms with Gasteiger partial charge in [0.05, 0.1) is 17.7 Å². The summed E-state index contributed by atoms with van der Waals surface area (Å²) in [6.45, 7) is 0.0389. The summed E-state index contributed by atoms with van der Waals surface area (Å²) >= 11 is 0. The van der Waals surface area contributed by atoms with Crippen LogP contribution in [0.15, 0.2) is 29.3 Å². The molecule has 0 heterocycles. The van der Waals surface area contributed by atoms with E-state index in [1.165, 1.54) is 30.3 Å². The van der Waals surface area contributed by atoms with Crippen LogP contribution in [0.1, 0.15) is 20.7 Å². The SMILES string of the molecule is O=C=NCCOC(=O)c1ccc(C(=O)O)cc1. The molecule has 0 unspecified atom stereocenters. The van der Waals surface area contributed by atoms with Gasteiger partial charge in [-0.2, -0.15) is 0 Å². The Balaban J connectivity index is 2.57. The van der Waals surface area contributed by atoms with E-state index in [0.717, 1.165) is 0 Å². The molecule has 0 amide bonds. The largest absolute Gasteiger partial charge is 0.478 e. The van der Waals surface area contributed by atoms with Crippen LogP contribution in [0, 0.1) is 0 Å². The van der Waals surface area contributed by atoms with Crippen LogP contribution in [0.3, 0.4) is 0 Å². The van der Waals surface area contributed by atoms with Crippen molar-refractivity contribution < 1.29 is 24.2 Å². The van der Waals surface area contributed by atoms with Crippen molar-refractivity contribution in [2.75, 3.05) is 13.2 Å². The molecule has 88 valence electrons. The van der Waals surface area contributed by atoms with Crippen LogP contribution in [0.4, 0.5) is 0 Å². The van der Waals surface area contributed by atoms with Gasteiger partial charge in [0.15, 0.2) is 0 Å². The van der Waals surface area contributed by atoms with Gasteiger partial charge in [0.25, 0.3) is 0 Å². The van der Waals surface area contributed by atoms with Gasteiger partial charge in [-0.25, -0.2) is 19.4 Å². The number of carboxylic acid groups (broad SMARTS) is 1. The summed E-state index contributed by atoms with van der Waals surface area (Å²) in [5.41, 5.74) is 0.331. The van der Waals surface area contributed by atoms with Crippen LogP contribution in [0.5, 0.6) is 0 Å². The second-order valence-electron chi connectivity index (χ2n) is 2.99. The highest BCUT2D eigenvalue weighted by Crippen LogP contribution is 2.05. The van der Waals surface area contributed by atoms with Crippen molar-refractivity contribution in [2.45, 2.75) is 0 Å². The first kappa shape index (κ1) is 12.6. The van der Waals surface area contributed by atoms with Crippen LogP contribution in [-0.2, 0) is 9.53 Å². The topological polar surface area (TPSA) is 93.0 Å². The zero-order valence-corrected chi connectivity index (χ0v) is 8.75. The summed E-state index contributed by atoms with van der Waals surface area (Å²) in [4.78, 5) is 34.9. The molecule has 0 aromatic heterocycles. The maximum absolute atomic E-state index is 11.4. The van der Waals surface area contributed by atoms with Crippen molar-refractivity contribution in [1.29, 1.82) is 0 Å². The molecule has 0 saturated heterocycles. The van der Waals surface area contributed by atoms with Gasteiger partial charge in [0, 0.05) is 0 Å². The molecule has 0 saturated carbocycles. The average molecular weight is 235 g/mol. The first-order valence-corrected chi connectivity index (χ1v) is 4.69. The zero-order valence-electron chi connectivity index (χ0n) is 8.75. The summed E-state index contributed by atoms with van der Waals surface area (Å²) in [6.07, 6.45) is 1.32. The Morgan fingerprint density at radius 3 is 2.35 bits per heavy atom. The monoisotopic (exact) mass is 235 g/mol. The van der Waals surface area contributed by atoms with Gasteiger partial charge in [0.2, 0.25) is 6.08 Å². The molecule has 0 fully saturated rings. The third kappa shape index (κ3) is 3.89. The average Bonchev–Trinajstić information content (AvgIpc) is 2.34. The number of rotatable bonds is 5. The number of hydrogen-bond acceptors (Lipinski definition) is 5. The van der Waals surface area contributed by atoms with Crippen molar-refractivity contribution in [2.24, 2.45) is 4.99 Å². The fourth-order valence-corrected chi connectivity index (χ4v) is 1.06. The van der Waals surface area contributed by atoms with Crippen molar-refractivity contribution in [3.05, 3.63) is 35.4 Å². The van der Waals surface area contributed by atoms with E-state index in [1.807, 2.05) is 0 Å². The lowest BCUT2D eigenvalue weighted by molar-refractivity contribution is 0.0516. The molecule has 1 aromatic rings. The van der Waals surface area contributed by atoms with Crippen molar-refractivity contribution >= 4 is 18.0 Å². The normalized spacial score (nSPS) is 9.18. The van der Waals surface area contributed by atoms with Crippen molar-refractivity contribution in [3.63, 3.8) is 0 Å². The van der Waals surface area contributed by atoms with E-state index in [9.17, 15) is 14.4 Å². The molecule has 0 spiro atoms. The fourth-order valence-electron chi connectivity index (χ4n) is 1.06. The number of esters is 1. The third-order valence-electron chi connectivity index (χ3n) is 1.87. The van der Waals surface area contributed by atoms with Gasteiger partial charge in [0.1, 0.15) is 6.61 Å². The maximum atomic E-state index is 11.4. The minimum atomic E-state index is -1.06. The predicted octanol–water partition coefficient (Wildman–Crippen LogP) is 0.877. The molecule has 6 heteroatoms. The predicted molar refractivity (Wildman–Crippen MR) is 56.7 cm³/mol. The first-order chi connectivity index (χ1) is 8.15. The molecule has 1 rings (SSSR count). The van der Waals surface area contributed by atoms with Crippen LogP contribution in [-0.4, -0.2) is 36.3 Å². The summed E-state index contributed by atoms with van der Waals surface area (Å²) in [6, 6.07) is 5.33. The van der Waals surface area contributed by atoms with Gasteiger partial charge < -0.3 is 9.84 Å². The molecule has 0 atom stereocenters. The molecule has 0 aliphatic heterocycles. The van der Waals surface area contributed by atoms with Gasteiger partial charge >= 0.3 is 11.9 Å². The first-order valence-electron chi connectivity index (χ1n) is 4.69. The summed E-state index contributed by atoms with van der Waals surface area (Å²) in [5.74, 6) is -1.66. The highest BCUT2D eigenvalue weighted by Gasteiger charge is 2.08. The van der Waals surface area contributed by atoms with Crippen LogP contribution < -0.4 is 0 Å².